The lowest BCUT2D eigenvalue weighted by Crippen LogP contribution is -1.92. The van der Waals surface area contributed by atoms with Crippen molar-refractivity contribution >= 4 is 65.0 Å². The fourth-order valence-electron chi connectivity index (χ4n) is 6.25. The molecular weight excluding hydrogens is 496 g/mol. The van der Waals surface area contributed by atoms with Gasteiger partial charge in [-0.05, 0) is 89.6 Å². The van der Waals surface area contributed by atoms with Crippen LogP contribution in [0.5, 0.6) is 0 Å². The zero-order valence-electron chi connectivity index (χ0n) is 30.6. The molecule has 1 heteroatoms. The first-order valence-electron chi connectivity index (χ1n) is 17.9. The van der Waals surface area contributed by atoms with Gasteiger partial charge < -0.3 is 4.42 Å². The van der Waals surface area contributed by atoms with Gasteiger partial charge in [-0.1, -0.05) is 121 Å². The van der Waals surface area contributed by atoms with E-state index in [-0.39, 0.29) is 39.2 Å². The van der Waals surface area contributed by atoms with Crippen LogP contribution >= 0.6 is 0 Å². The van der Waals surface area contributed by atoms with Gasteiger partial charge in [0.1, 0.15) is 11.2 Å². The van der Waals surface area contributed by atoms with Crippen LogP contribution in [0.4, 0.5) is 0 Å². The maximum absolute atomic E-state index is 9.65. The molecule has 190 valence electrons. The molecule has 0 bridgehead atoms. The molecule has 41 heavy (non-hydrogen) atoms. The van der Waals surface area contributed by atoms with Crippen LogP contribution in [0, 0.1) is 0 Å². The van der Waals surface area contributed by atoms with Crippen molar-refractivity contribution in [1.82, 2.24) is 0 Å². The third-order valence-corrected chi connectivity index (χ3v) is 7.97. The number of benzene rings is 8. The quantitative estimate of drug-likeness (QED) is 0.160. The van der Waals surface area contributed by atoms with Crippen molar-refractivity contribution in [2.24, 2.45) is 0 Å². The Bertz CT molecular complexity index is 2920. The normalized spacial score (nSPS) is 15.0. The fourth-order valence-corrected chi connectivity index (χ4v) is 6.25. The summed E-state index contributed by atoms with van der Waals surface area (Å²) in [5.41, 5.74) is 4.07. The predicted molar refractivity (Wildman–Crippen MR) is 175 cm³/mol. The monoisotopic (exact) mass is 529 g/mol. The first-order chi connectivity index (χ1) is 24.1. The third kappa shape index (κ3) is 3.24. The van der Waals surface area contributed by atoms with Crippen LogP contribution in [0.1, 0.15) is 12.3 Å². The Morgan fingerprint density at radius 2 is 1.00 bits per heavy atom. The minimum atomic E-state index is -0.537. The van der Waals surface area contributed by atoms with E-state index >= 15 is 0 Å². The predicted octanol–water partition coefficient (Wildman–Crippen LogP) is 11.5. The summed E-state index contributed by atoms with van der Waals surface area (Å²) in [5.74, 6) is 0. The molecule has 0 aliphatic heterocycles. The number of rotatable bonds is 2. The minimum absolute atomic E-state index is 0.0327. The molecule has 0 aliphatic carbocycles. The van der Waals surface area contributed by atoms with Crippen LogP contribution in [0.2, 0.25) is 0 Å². The molecular formula is C40H24O. The summed E-state index contributed by atoms with van der Waals surface area (Å²) >= 11 is 0. The second-order valence-corrected chi connectivity index (χ2v) is 10.2. The van der Waals surface area contributed by atoms with Crippen LogP contribution < -0.4 is 0 Å². The Labute approximate surface area is 249 Å². The molecule has 0 fully saturated rings. The third-order valence-electron chi connectivity index (χ3n) is 7.97. The second kappa shape index (κ2) is 8.55. The van der Waals surface area contributed by atoms with E-state index < -0.39 is 42.3 Å². The largest absolute Gasteiger partial charge is 0.456 e. The molecule has 8 aromatic carbocycles. The van der Waals surface area contributed by atoms with Crippen molar-refractivity contribution in [3.05, 3.63) is 145 Å². The zero-order chi connectivity index (χ0) is 34.7. The maximum Gasteiger partial charge on any atom is 0.136 e. The van der Waals surface area contributed by atoms with Gasteiger partial charge in [0.25, 0.3) is 0 Å². The summed E-state index contributed by atoms with van der Waals surface area (Å²) in [6.45, 7) is 0. The van der Waals surface area contributed by atoms with Gasteiger partial charge in [0.15, 0.2) is 0 Å². The highest BCUT2D eigenvalue weighted by atomic mass is 16.3. The fraction of sp³-hybridized carbons (Fsp3) is 0. The molecule has 0 saturated heterocycles. The number of hydrogen-bond acceptors (Lipinski definition) is 1. The highest BCUT2D eigenvalue weighted by molar-refractivity contribution is 6.26. The lowest BCUT2D eigenvalue weighted by Gasteiger charge is -2.19. The Morgan fingerprint density at radius 3 is 1.73 bits per heavy atom. The average Bonchev–Trinajstić information content (AvgIpc) is 3.51. The van der Waals surface area contributed by atoms with Gasteiger partial charge in [-0.25, -0.2) is 0 Å². The molecule has 0 amide bonds. The average molecular weight is 530 g/mol. The van der Waals surface area contributed by atoms with E-state index in [9.17, 15) is 1.37 Å². The smallest absolute Gasteiger partial charge is 0.136 e. The number of furan rings is 1. The Hall–Kier alpha value is -5.40. The summed E-state index contributed by atoms with van der Waals surface area (Å²) in [7, 11) is 0. The molecule has 0 spiro atoms. The van der Waals surface area contributed by atoms with Crippen molar-refractivity contribution in [2.45, 2.75) is 0 Å². The minimum Gasteiger partial charge on any atom is -0.456 e. The first kappa shape index (κ1) is 15.4. The van der Waals surface area contributed by atoms with E-state index in [1.165, 1.54) is 0 Å². The first-order valence-corrected chi connectivity index (χ1v) is 13.4. The van der Waals surface area contributed by atoms with E-state index in [1.807, 2.05) is 78.9 Å². The summed E-state index contributed by atoms with van der Waals surface area (Å²) in [6, 6.07) is 25.4. The van der Waals surface area contributed by atoms with Gasteiger partial charge >= 0.3 is 0 Å². The van der Waals surface area contributed by atoms with Crippen LogP contribution in [0.25, 0.3) is 87.3 Å². The highest BCUT2D eigenvalue weighted by Crippen LogP contribution is 2.47. The molecule has 0 aliphatic rings. The van der Waals surface area contributed by atoms with E-state index in [0.717, 1.165) is 43.8 Å². The molecule has 0 radical (unpaired) electrons. The molecule has 0 saturated carbocycles. The number of para-hydroxylation sites is 1. The second-order valence-electron chi connectivity index (χ2n) is 10.2. The van der Waals surface area contributed by atoms with Gasteiger partial charge in [-0.15, -0.1) is 0 Å². The molecule has 0 atom stereocenters. The van der Waals surface area contributed by atoms with Gasteiger partial charge in [-0.3, -0.25) is 0 Å². The van der Waals surface area contributed by atoms with Crippen molar-refractivity contribution in [1.29, 1.82) is 0 Å². The summed E-state index contributed by atoms with van der Waals surface area (Å²) in [5, 5.41) is 4.90. The van der Waals surface area contributed by atoms with Crippen LogP contribution in [-0.2, 0) is 0 Å². The Kier molecular flexibility index (Phi) is 3.21. The van der Waals surface area contributed by atoms with Crippen molar-refractivity contribution in [2.75, 3.05) is 0 Å². The molecule has 1 aromatic heterocycles. The summed E-state index contributed by atoms with van der Waals surface area (Å²) < 4.78 is 85.8. The highest BCUT2D eigenvalue weighted by Gasteiger charge is 2.19. The molecule has 9 rings (SSSR count). The van der Waals surface area contributed by atoms with Gasteiger partial charge in [0.05, 0.1) is 12.3 Å². The maximum atomic E-state index is 9.65. The van der Waals surface area contributed by atoms with Gasteiger partial charge in [-0.2, -0.15) is 0 Å². The van der Waals surface area contributed by atoms with Crippen molar-refractivity contribution < 1.29 is 16.8 Å². The summed E-state index contributed by atoms with van der Waals surface area (Å²) in [4.78, 5) is 0. The molecule has 1 heterocycles. The van der Waals surface area contributed by atoms with Crippen molar-refractivity contribution in [3.63, 3.8) is 0 Å². The van der Waals surface area contributed by atoms with E-state index in [2.05, 4.69) is 12.1 Å². The molecule has 0 unspecified atom stereocenters. The van der Waals surface area contributed by atoms with Crippen molar-refractivity contribution in [3.8, 4) is 22.3 Å². The number of hydrogen-bond donors (Lipinski definition) is 0. The SMILES string of the molecule is [2H]c1c([2H])c([2H])c2c(c1[2H])c([2H])c(-c1c3ccccc3c(-c3ccc4c(c3)oc3ccccc34)c3ccccc13)c1c([2H])c([2H])c([2H])c([2H])c12. The standard InChI is InChI=1S/C40H24O/c1-2-12-27-25(11-1)23-36(29-14-4-3-13-28(27)29)40-34-18-7-5-16-32(34)39(33-17-6-8-19-35(33)40)26-21-22-31-30-15-9-10-20-37(30)41-38(31)24-26/h1-24H/i1D,2D,3D,4D,11D,12D,13D,14D,23D. The lowest BCUT2D eigenvalue weighted by molar-refractivity contribution is 0.669. The Balaban J connectivity index is 1.50. The molecule has 1 nitrogen and oxygen atoms in total. The van der Waals surface area contributed by atoms with Gasteiger partial charge in [0, 0.05) is 10.8 Å². The van der Waals surface area contributed by atoms with E-state index in [4.69, 9.17) is 15.4 Å². The van der Waals surface area contributed by atoms with Gasteiger partial charge in [0.2, 0.25) is 0 Å². The van der Waals surface area contributed by atoms with Crippen LogP contribution in [0.3, 0.4) is 0 Å². The summed E-state index contributed by atoms with van der Waals surface area (Å²) in [6.07, 6.45) is 0. The Morgan fingerprint density at radius 1 is 0.439 bits per heavy atom. The zero-order valence-corrected chi connectivity index (χ0v) is 21.6. The molecule has 9 aromatic rings. The van der Waals surface area contributed by atoms with Crippen LogP contribution in [0.15, 0.2) is 150 Å². The lowest BCUT2D eigenvalue weighted by atomic mass is 9.84. The topological polar surface area (TPSA) is 13.1 Å². The van der Waals surface area contributed by atoms with E-state index in [1.54, 1.807) is 0 Å². The molecule has 0 N–H and O–H groups in total. The van der Waals surface area contributed by atoms with Crippen LogP contribution in [-0.4, -0.2) is 0 Å². The number of fused-ring (bicyclic) bond motifs is 8. The van der Waals surface area contributed by atoms with E-state index in [0.29, 0.717) is 16.3 Å².